The molecule has 1 aliphatic heterocycles. The van der Waals surface area contributed by atoms with Crippen molar-refractivity contribution in [2.75, 3.05) is 23.7 Å². The van der Waals surface area contributed by atoms with Crippen molar-refractivity contribution >= 4 is 41.2 Å². The summed E-state index contributed by atoms with van der Waals surface area (Å²) in [6.07, 6.45) is 2.08. The van der Waals surface area contributed by atoms with Crippen molar-refractivity contribution in [3.05, 3.63) is 88.1 Å². The molecule has 0 radical (unpaired) electrons. The van der Waals surface area contributed by atoms with Gasteiger partial charge in [0.15, 0.2) is 0 Å². The lowest BCUT2D eigenvalue weighted by atomic mass is 9.94. The highest BCUT2D eigenvalue weighted by Crippen LogP contribution is 2.27. The number of amides is 3. The third-order valence-electron chi connectivity index (χ3n) is 5.59. The number of hydrogen-bond donors (Lipinski definition) is 2. The topological polar surface area (TPSA) is 101 Å². The molecule has 8 nitrogen and oxygen atoms in total. The molecule has 2 aromatic carbocycles. The van der Waals surface area contributed by atoms with Crippen molar-refractivity contribution in [1.82, 2.24) is 9.47 Å². The first-order chi connectivity index (χ1) is 16.4. The molecule has 4 rings (SSSR count). The number of hydrogen-bond acceptors (Lipinski definition) is 4. The van der Waals surface area contributed by atoms with Gasteiger partial charge in [-0.05, 0) is 42.5 Å². The van der Waals surface area contributed by atoms with Gasteiger partial charge in [0.1, 0.15) is 5.82 Å². The van der Waals surface area contributed by atoms with Crippen LogP contribution in [0.2, 0.25) is 5.02 Å². The van der Waals surface area contributed by atoms with Gasteiger partial charge >= 0.3 is 0 Å². The number of carbonyl (C=O) groups is 3. The van der Waals surface area contributed by atoms with Crippen LogP contribution in [0, 0.1) is 17.7 Å². The summed E-state index contributed by atoms with van der Waals surface area (Å²) < 4.78 is 16.0. The Morgan fingerprint density at radius 3 is 2.26 bits per heavy atom. The average molecular weight is 483 g/mol. The van der Waals surface area contributed by atoms with Crippen LogP contribution >= 0.6 is 11.6 Å². The van der Waals surface area contributed by atoms with Crippen molar-refractivity contribution in [3.63, 3.8) is 0 Å². The van der Waals surface area contributed by atoms with E-state index in [2.05, 4.69) is 10.6 Å². The van der Waals surface area contributed by atoms with Crippen LogP contribution in [0.15, 0.2) is 71.7 Å². The number of halogens is 2. The zero-order valence-corrected chi connectivity index (χ0v) is 18.5. The molecule has 1 saturated heterocycles. The molecule has 0 aliphatic carbocycles. The van der Waals surface area contributed by atoms with E-state index in [9.17, 15) is 23.6 Å². The molecule has 0 unspecified atom stereocenters. The standard InChI is InChI=1S/C24H20ClFN4O4/c25-15-4-6-16(7-5-15)27-23(33)18-12-29(14-31)13-19(18)24(34)28-21-9-8-17(11-20(21)26)30-10-2-1-3-22(30)32/h1-11,14,18-19H,12-13H2,(H,27,33)(H,28,34)/t18-,19-/m0/s1. The van der Waals surface area contributed by atoms with E-state index in [-0.39, 0.29) is 24.3 Å². The molecule has 0 spiro atoms. The molecule has 10 heteroatoms. The number of nitrogens with one attached hydrogen (secondary N) is 2. The minimum absolute atomic E-state index is 0.0210. The molecule has 3 amide bonds. The molecule has 1 aromatic heterocycles. The van der Waals surface area contributed by atoms with E-state index < -0.39 is 29.5 Å². The first kappa shape index (κ1) is 23.2. The van der Waals surface area contributed by atoms with E-state index in [0.29, 0.717) is 22.8 Å². The van der Waals surface area contributed by atoms with E-state index in [1.54, 1.807) is 36.4 Å². The molecule has 34 heavy (non-hydrogen) atoms. The highest BCUT2D eigenvalue weighted by atomic mass is 35.5. The summed E-state index contributed by atoms with van der Waals surface area (Å²) in [7, 11) is 0. The zero-order valence-electron chi connectivity index (χ0n) is 17.8. The molecular weight excluding hydrogens is 463 g/mol. The lowest BCUT2D eigenvalue weighted by Gasteiger charge is -2.18. The van der Waals surface area contributed by atoms with Crippen LogP contribution < -0.4 is 16.2 Å². The molecule has 3 aromatic rings. The van der Waals surface area contributed by atoms with Gasteiger partial charge in [0.2, 0.25) is 18.2 Å². The molecule has 2 N–H and O–H groups in total. The summed E-state index contributed by atoms with van der Waals surface area (Å²) in [5.74, 6) is -3.48. The summed E-state index contributed by atoms with van der Waals surface area (Å²) in [5.41, 5.74) is 0.373. The van der Waals surface area contributed by atoms with E-state index in [1.165, 1.54) is 33.9 Å². The number of nitrogens with zero attached hydrogens (tertiary/aromatic N) is 2. The number of carbonyl (C=O) groups excluding carboxylic acids is 3. The molecule has 1 fully saturated rings. The van der Waals surface area contributed by atoms with E-state index >= 15 is 0 Å². The van der Waals surface area contributed by atoms with Crippen LogP contribution in [0.5, 0.6) is 0 Å². The Balaban J connectivity index is 1.50. The fourth-order valence-electron chi connectivity index (χ4n) is 3.84. The molecular formula is C24H20ClFN4O4. The van der Waals surface area contributed by atoms with E-state index in [0.717, 1.165) is 6.07 Å². The summed E-state index contributed by atoms with van der Waals surface area (Å²) in [6, 6.07) is 15.0. The van der Waals surface area contributed by atoms with Gasteiger partial charge in [0.05, 0.1) is 23.2 Å². The minimum atomic E-state index is -0.881. The predicted octanol–water partition coefficient (Wildman–Crippen LogP) is 2.91. The van der Waals surface area contributed by atoms with Gasteiger partial charge < -0.3 is 15.5 Å². The highest BCUT2D eigenvalue weighted by Gasteiger charge is 2.41. The second-order valence-electron chi connectivity index (χ2n) is 7.83. The summed E-state index contributed by atoms with van der Waals surface area (Å²) in [4.78, 5) is 50.4. The Labute approximate surface area is 198 Å². The molecule has 0 bridgehead atoms. The first-order valence-electron chi connectivity index (χ1n) is 10.4. The Morgan fingerprint density at radius 1 is 0.971 bits per heavy atom. The fraction of sp³-hybridized carbons (Fsp3) is 0.167. The Morgan fingerprint density at radius 2 is 1.65 bits per heavy atom. The third kappa shape index (κ3) is 4.99. The molecule has 174 valence electrons. The Bertz CT molecular complexity index is 1290. The van der Waals surface area contributed by atoms with E-state index in [4.69, 9.17) is 11.6 Å². The van der Waals surface area contributed by atoms with Crippen LogP contribution in [0.25, 0.3) is 5.69 Å². The maximum Gasteiger partial charge on any atom is 0.255 e. The van der Waals surface area contributed by atoms with Gasteiger partial charge in [-0.15, -0.1) is 0 Å². The lowest BCUT2D eigenvalue weighted by molar-refractivity contribution is -0.127. The smallest absolute Gasteiger partial charge is 0.255 e. The van der Waals surface area contributed by atoms with Crippen molar-refractivity contribution in [2.24, 2.45) is 11.8 Å². The number of likely N-dealkylation sites (tertiary alicyclic amines) is 1. The van der Waals surface area contributed by atoms with Gasteiger partial charge in [-0.2, -0.15) is 0 Å². The van der Waals surface area contributed by atoms with Crippen molar-refractivity contribution < 1.29 is 18.8 Å². The normalized spacial score (nSPS) is 17.3. The summed E-state index contributed by atoms with van der Waals surface area (Å²) >= 11 is 5.86. The van der Waals surface area contributed by atoms with Crippen LogP contribution in [0.4, 0.5) is 15.8 Å². The van der Waals surface area contributed by atoms with Crippen LogP contribution in [-0.2, 0) is 14.4 Å². The third-order valence-corrected chi connectivity index (χ3v) is 5.85. The molecule has 2 atom stereocenters. The van der Waals surface area contributed by atoms with Gasteiger partial charge in [-0.3, -0.25) is 23.7 Å². The number of rotatable bonds is 6. The fourth-order valence-corrected chi connectivity index (χ4v) is 3.97. The molecule has 1 aliphatic rings. The van der Waals surface area contributed by atoms with E-state index in [1.807, 2.05) is 0 Å². The van der Waals surface area contributed by atoms with Crippen LogP contribution in [0.1, 0.15) is 0 Å². The number of pyridine rings is 1. The van der Waals surface area contributed by atoms with Gasteiger partial charge in [-0.25, -0.2) is 4.39 Å². The van der Waals surface area contributed by atoms with Crippen molar-refractivity contribution in [3.8, 4) is 5.69 Å². The van der Waals surface area contributed by atoms with Gasteiger partial charge in [-0.1, -0.05) is 17.7 Å². The number of anilines is 2. The SMILES string of the molecule is O=CN1C[C@H](C(=O)Nc2ccc(Cl)cc2)[C@@H](C(=O)Nc2ccc(-n3ccccc3=O)cc2F)C1. The maximum atomic E-state index is 14.7. The monoisotopic (exact) mass is 482 g/mol. The van der Waals surface area contributed by atoms with Crippen LogP contribution in [-0.4, -0.2) is 40.8 Å². The summed E-state index contributed by atoms with van der Waals surface area (Å²) in [5, 5.41) is 5.73. The van der Waals surface area contributed by atoms with Crippen LogP contribution in [0.3, 0.4) is 0 Å². The second-order valence-corrected chi connectivity index (χ2v) is 8.27. The first-order valence-corrected chi connectivity index (χ1v) is 10.8. The quantitative estimate of drug-likeness (QED) is 0.527. The molecule has 2 heterocycles. The van der Waals surface area contributed by atoms with Gasteiger partial charge in [0.25, 0.3) is 5.56 Å². The Hall–Kier alpha value is -3.98. The number of benzene rings is 2. The van der Waals surface area contributed by atoms with Crippen molar-refractivity contribution in [2.45, 2.75) is 0 Å². The largest absolute Gasteiger partial charge is 0.344 e. The zero-order chi connectivity index (χ0) is 24.2. The lowest BCUT2D eigenvalue weighted by Crippen LogP contribution is -2.35. The average Bonchev–Trinajstić information content (AvgIpc) is 3.27. The molecule has 0 saturated carbocycles. The summed E-state index contributed by atoms with van der Waals surface area (Å²) in [6.45, 7) is 0.0759. The van der Waals surface area contributed by atoms with Gasteiger partial charge in [0, 0.05) is 42.1 Å². The minimum Gasteiger partial charge on any atom is -0.344 e. The highest BCUT2D eigenvalue weighted by molar-refractivity contribution is 6.30. The second kappa shape index (κ2) is 9.88. The number of aromatic nitrogens is 1. The predicted molar refractivity (Wildman–Crippen MR) is 125 cm³/mol. The maximum absolute atomic E-state index is 14.7. The Kier molecular flexibility index (Phi) is 6.74. The van der Waals surface area contributed by atoms with Crippen molar-refractivity contribution in [1.29, 1.82) is 0 Å².